The molecule has 29 heavy (non-hydrogen) atoms. The molecule has 0 spiro atoms. The van der Waals surface area contributed by atoms with Crippen LogP contribution in [0.1, 0.15) is 30.4 Å². The highest BCUT2D eigenvalue weighted by atomic mass is 35.5. The second kappa shape index (κ2) is 9.72. The number of hydrogen-bond acceptors (Lipinski definition) is 3. The number of benzene rings is 2. The van der Waals surface area contributed by atoms with E-state index in [9.17, 15) is 0 Å². The molecule has 2 aliphatic heterocycles. The largest absolute Gasteiger partial charge is 0.380 e. The minimum atomic E-state index is 0.598. The molecule has 6 heteroatoms. The van der Waals surface area contributed by atoms with Gasteiger partial charge in [0.2, 0.25) is 0 Å². The van der Waals surface area contributed by atoms with E-state index < -0.39 is 0 Å². The normalized spacial score (nSPS) is 20.4. The summed E-state index contributed by atoms with van der Waals surface area (Å²) in [7, 11) is 0. The van der Waals surface area contributed by atoms with Crippen molar-refractivity contribution in [2.75, 3.05) is 31.5 Å². The minimum Gasteiger partial charge on any atom is -0.380 e. The van der Waals surface area contributed by atoms with Crippen molar-refractivity contribution in [2.24, 2.45) is 0 Å². The molecule has 3 nitrogen and oxygen atoms in total. The molecule has 4 rings (SSSR count). The second-order valence-corrected chi connectivity index (χ2v) is 9.01. The first kappa shape index (κ1) is 21.0. The van der Waals surface area contributed by atoms with Gasteiger partial charge in [-0.1, -0.05) is 53.0 Å². The molecule has 0 saturated carbocycles. The van der Waals surface area contributed by atoms with Crippen molar-refractivity contribution in [3.8, 4) is 0 Å². The van der Waals surface area contributed by atoms with E-state index in [0.717, 1.165) is 43.9 Å². The van der Waals surface area contributed by atoms with Gasteiger partial charge in [-0.2, -0.15) is 0 Å². The van der Waals surface area contributed by atoms with Crippen molar-refractivity contribution in [3.05, 3.63) is 68.7 Å². The molecule has 2 heterocycles. The standard InChI is InChI=1S/C23H26Cl3N3/c24-19-5-3-18(22(26)13-19)14-28-23-12-17(4-6-21(23)25)16-7-10-29(11-8-16)20-2-1-9-27-15-20/h3-7,12-13,20,27-28H,1-2,8-11,14-15H2/t20-/m0/s1. The van der Waals surface area contributed by atoms with Crippen LogP contribution >= 0.6 is 34.8 Å². The summed E-state index contributed by atoms with van der Waals surface area (Å²) in [6.07, 6.45) is 6.03. The van der Waals surface area contributed by atoms with Gasteiger partial charge in [-0.3, -0.25) is 4.90 Å². The first-order valence-corrected chi connectivity index (χ1v) is 11.3. The van der Waals surface area contributed by atoms with Crippen LogP contribution in [0.5, 0.6) is 0 Å². The van der Waals surface area contributed by atoms with Crippen molar-refractivity contribution in [3.63, 3.8) is 0 Å². The van der Waals surface area contributed by atoms with Gasteiger partial charge in [-0.05, 0) is 66.8 Å². The monoisotopic (exact) mass is 449 g/mol. The number of piperidine rings is 1. The summed E-state index contributed by atoms with van der Waals surface area (Å²) in [4.78, 5) is 2.60. The molecule has 1 saturated heterocycles. The summed E-state index contributed by atoms with van der Waals surface area (Å²) < 4.78 is 0. The Bertz CT molecular complexity index is 891. The van der Waals surface area contributed by atoms with Crippen LogP contribution in [-0.4, -0.2) is 37.1 Å². The van der Waals surface area contributed by atoms with E-state index >= 15 is 0 Å². The maximum atomic E-state index is 6.44. The predicted octanol–water partition coefficient (Wildman–Crippen LogP) is 6.10. The summed E-state index contributed by atoms with van der Waals surface area (Å²) in [5.74, 6) is 0. The number of rotatable bonds is 5. The molecule has 0 aromatic heterocycles. The van der Waals surface area contributed by atoms with Crippen molar-refractivity contribution in [1.82, 2.24) is 10.2 Å². The predicted molar refractivity (Wildman–Crippen MR) is 125 cm³/mol. The molecule has 0 unspecified atom stereocenters. The molecule has 2 aliphatic rings. The quantitative estimate of drug-likeness (QED) is 0.576. The third-order valence-electron chi connectivity index (χ3n) is 5.85. The Morgan fingerprint density at radius 2 is 1.97 bits per heavy atom. The Kier molecular flexibility index (Phi) is 7.04. The SMILES string of the molecule is Clc1ccc(CNc2cc(C3=CCN([C@H]4CCCNC4)CC3)ccc2Cl)c(Cl)c1. The van der Waals surface area contributed by atoms with Crippen LogP contribution in [0.3, 0.4) is 0 Å². The van der Waals surface area contributed by atoms with Crippen LogP contribution in [0.25, 0.3) is 5.57 Å². The Morgan fingerprint density at radius 3 is 2.69 bits per heavy atom. The van der Waals surface area contributed by atoms with E-state index in [0.29, 0.717) is 27.7 Å². The highest BCUT2D eigenvalue weighted by Crippen LogP contribution is 2.31. The first-order valence-electron chi connectivity index (χ1n) is 10.2. The Morgan fingerprint density at radius 1 is 1.07 bits per heavy atom. The molecule has 2 aromatic carbocycles. The molecule has 0 aliphatic carbocycles. The summed E-state index contributed by atoms with van der Waals surface area (Å²) >= 11 is 18.7. The third kappa shape index (κ3) is 5.28. The molecule has 1 atom stereocenters. The second-order valence-electron chi connectivity index (χ2n) is 7.76. The zero-order chi connectivity index (χ0) is 20.2. The van der Waals surface area contributed by atoms with Gasteiger partial charge >= 0.3 is 0 Å². The summed E-state index contributed by atoms with van der Waals surface area (Å²) in [6, 6.07) is 12.5. The molecule has 0 amide bonds. The molecule has 2 N–H and O–H groups in total. The van der Waals surface area contributed by atoms with E-state index in [1.54, 1.807) is 6.07 Å². The molecule has 154 valence electrons. The number of hydrogen-bond donors (Lipinski definition) is 2. The van der Waals surface area contributed by atoms with Crippen molar-refractivity contribution in [1.29, 1.82) is 0 Å². The highest BCUT2D eigenvalue weighted by molar-refractivity contribution is 6.35. The van der Waals surface area contributed by atoms with Gasteiger partial charge in [0, 0.05) is 42.3 Å². The van der Waals surface area contributed by atoms with E-state index in [4.69, 9.17) is 34.8 Å². The lowest BCUT2D eigenvalue weighted by atomic mass is 9.96. The lowest BCUT2D eigenvalue weighted by Gasteiger charge is -2.36. The molecular formula is C23H26Cl3N3. The van der Waals surface area contributed by atoms with Crippen LogP contribution in [0.2, 0.25) is 15.1 Å². The smallest absolute Gasteiger partial charge is 0.0638 e. The number of nitrogens with zero attached hydrogens (tertiary/aromatic N) is 1. The zero-order valence-electron chi connectivity index (χ0n) is 16.4. The number of halogens is 3. The van der Waals surface area contributed by atoms with Gasteiger partial charge < -0.3 is 10.6 Å². The first-order chi connectivity index (χ1) is 14.1. The van der Waals surface area contributed by atoms with Crippen LogP contribution in [-0.2, 0) is 6.54 Å². The molecular weight excluding hydrogens is 425 g/mol. The van der Waals surface area contributed by atoms with Gasteiger partial charge in [-0.25, -0.2) is 0 Å². The lowest BCUT2D eigenvalue weighted by Crippen LogP contribution is -2.47. The van der Waals surface area contributed by atoms with Gasteiger partial charge in [0.25, 0.3) is 0 Å². The molecule has 2 aromatic rings. The van der Waals surface area contributed by atoms with Gasteiger partial charge in [-0.15, -0.1) is 0 Å². The van der Waals surface area contributed by atoms with Crippen LogP contribution in [0.4, 0.5) is 5.69 Å². The Hall–Kier alpha value is -1.23. The molecule has 1 fully saturated rings. The maximum absolute atomic E-state index is 6.44. The lowest BCUT2D eigenvalue weighted by molar-refractivity contribution is 0.182. The average Bonchev–Trinajstić information content (AvgIpc) is 2.75. The molecule has 0 radical (unpaired) electrons. The Balaban J connectivity index is 1.43. The van der Waals surface area contributed by atoms with Gasteiger partial charge in [0.15, 0.2) is 0 Å². The summed E-state index contributed by atoms with van der Waals surface area (Å²) in [5.41, 5.74) is 4.55. The number of nitrogens with one attached hydrogen (secondary N) is 2. The van der Waals surface area contributed by atoms with Crippen LogP contribution < -0.4 is 10.6 Å². The van der Waals surface area contributed by atoms with E-state index in [1.807, 2.05) is 18.2 Å². The highest BCUT2D eigenvalue weighted by Gasteiger charge is 2.23. The average molecular weight is 451 g/mol. The van der Waals surface area contributed by atoms with Gasteiger partial charge in [0.1, 0.15) is 0 Å². The molecule has 0 bridgehead atoms. The van der Waals surface area contributed by atoms with E-state index in [-0.39, 0.29) is 0 Å². The summed E-state index contributed by atoms with van der Waals surface area (Å²) in [5, 5.41) is 8.96. The Labute approximate surface area is 188 Å². The van der Waals surface area contributed by atoms with Gasteiger partial charge in [0.05, 0.1) is 10.7 Å². The van der Waals surface area contributed by atoms with Crippen LogP contribution in [0, 0.1) is 0 Å². The number of anilines is 1. The minimum absolute atomic E-state index is 0.598. The fourth-order valence-electron chi connectivity index (χ4n) is 4.14. The van der Waals surface area contributed by atoms with Crippen molar-refractivity contribution in [2.45, 2.75) is 31.8 Å². The van der Waals surface area contributed by atoms with Crippen molar-refractivity contribution >= 4 is 46.1 Å². The van der Waals surface area contributed by atoms with E-state index in [2.05, 4.69) is 33.7 Å². The summed E-state index contributed by atoms with van der Waals surface area (Å²) in [6.45, 7) is 5.01. The maximum Gasteiger partial charge on any atom is 0.0638 e. The fraction of sp³-hybridized carbons (Fsp3) is 0.391. The van der Waals surface area contributed by atoms with E-state index in [1.165, 1.54) is 24.0 Å². The fourth-order valence-corrected chi connectivity index (χ4v) is 4.80. The van der Waals surface area contributed by atoms with Crippen LogP contribution in [0.15, 0.2) is 42.5 Å². The third-order valence-corrected chi connectivity index (χ3v) is 6.77. The topological polar surface area (TPSA) is 27.3 Å². The van der Waals surface area contributed by atoms with Crippen molar-refractivity contribution < 1.29 is 0 Å². The zero-order valence-corrected chi connectivity index (χ0v) is 18.6.